The van der Waals surface area contributed by atoms with Crippen LogP contribution in [-0.4, -0.2) is 35.0 Å². The molecule has 2 amide bonds. The Morgan fingerprint density at radius 3 is 2.85 bits per heavy atom. The number of amides is 2. The van der Waals surface area contributed by atoms with Crippen molar-refractivity contribution in [1.82, 2.24) is 10.2 Å². The molecule has 2 rings (SSSR count). The molecule has 6 nitrogen and oxygen atoms in total. The van der Waals surface area contributed by atoms with E-state index in [1.54, 1.807) is 0 Å². The molecule has 2 N–H and O–H groups in total. The largest absolute Gasteiger partial charge is 0.463 e. The zero-order valence-corrected chi connectivity index (χ0v) is 12.6. The maximum absolute atomic E-state index is 12.1. The number of carboxylic acid groups (broad SMARTS) is 1. The SMILES string of the molecule is CN1C(=O)CC(C)(c2cccc(Br)c2)N/C1=N/C(=O)O. The number of nitrogens with zero attached hydrogens (tertiary/aromatic N) is 2. The summed E-state index contributed by atoms with van der Waals surface area (Å²) in [5.41, 5.74) is 0.188. The first-order chi connectivity index (χ1) is 9.32. The molecular weight excluding hydrogens is 326 g/mol. The van der Waals surface area contributed by atoms with Crippen LogP contribution in [0, 0.1) is 0 Å². The van der Waals surface area contributed by atoms with Crippen molar-refractivity contribution in [2.75, 3.05) is 7.05 Å². The molecule has 106 valence electrons. The highest BCUT2D eigenvalue weighted by atomic mass is 79.9. The molecule has 1 aliphatic rings. The highest BCUT2D eigenvalue weighted by Crippen LogP contribution is 2.30. The molecule has 1 fully saturated rings. The van der Waals surface area contributed by atoms with Crippen LogP contribution in [0.4, 0.5) is 4.79 Å². The Balaban J connectivity index is 2.42. The van der Waals surface area contributed by atoms with Crippen molar-refractivity contribution >= 4 is 33.9 Å². The van der Waals surface area contributed by atoms with Gasteiger partial charge in [-0.05, 0) is 24.6 Å². The highest BCUT2D eigenvalue weighted by Gasteiger charge is 2.38. The zero-order chi connectivity index (χ0) is 14.9. The number of hydrogen-bond acceptors (Lipinski definition) is 2. The van der Waals surface area contributed by atoms with E-state index in [9.17, 15) is 9.59 Å². The number of rotatable bonds is 1. The van der Waals surface area contributed by atoms with Crippen LogP contribution in [0.5, 0.6) is 0 Å². The molecule has 0 radical (unpaired) electrons. The van der Waals surface area contributed by atoms with E-state index in [1.165, 1.54) is 11.9 Å². The fraction of sp³-hybridized carbons (Fsp3) is 0.308. The third-order valence-corrected chi connectivity index (χ3v) is 3.74. The quantitative estimate of drug-likeness (QED) is 0.821. The average molecular weight is 340 g/mol. The molecular formula is C13H14BrN3O3. The first-order valence-electron chi connectivity index (χ1n) is 5.94. The number of nitrogens with one attached hydrogen (secondary N) is 1. The van der Waals surface area contributed by atoms with Crippen molar-refractivity contribution in [3.8, 4) is 0 Å². The third-order valence-electron chi connectivity index (χ3n) is 3.25. The summed E-state index contributed by atoms with van der Waals surface area (Å²) in [7, 11) is 1.50. The summed E-state index contributed by atoms with van der Waals surface area (Å²) in [6, 6.07) is 7.53. The summed E-state index contributed by atoms with van der Waals surface area (Å²) in [6.45, 7) is 1.84. The van der Waals surface area contributed by atoms with Crippen molar-refractivity contribution in [1.29, 1.82) is 0 Å². The fourth-order valence-electron chi connectivity index (χ4n) is 2.11. The lowest BCUT2D eigenvalue weighted by Crippen LogP contribution is -2.58. The van der Waals surface area contributed by atoms with E-state index in [0.29, 0.717) is 0 Å². The molecule has 1 heterocycles. The molecule has 0 bridgehead atoms. The second kappa shape index (κ2) is 5.24. The Hall–Kier alpha value is -1.89. The number of guanidine groups is 1. The van der Waals surface area contributed by atoms with Crippen LogP contribution in [0.2, 0.25) is 0 Å². The molecule has 1 unspecified atom stereocenters. The van der Waals surface area contributed by atoms with Gasteiger partial charge in [-0.1, -0.05) is 28.1 Å². The van der Waals surface area contributed by atoms with E-state index in [4.69, 9.17) is 5.11 Å². The second-order valence-corrected chi connectivity index (χ2v) is 5.73. The standard InChI is InChI=1S/C13H14BrN3O3/c1-13(8-4-3-5-9(14)6-8)7-10(18)17(2)11(16-13)15-12(19)20/h3-6H,7H2,1-2H3,(H,15,16)(H,19,20). The van der Waals surface area contributed by atoms with E-state index in [-0.39, 0.29) is 18.3 Å². The van der Waals surface area contributed by atoms with Gasteiger partial charge in [0.05, 0.1) is 12.0 Å². The van der Waals surface area contributed by atoms with Crippen LogP contribution in [-0.2, 0) is 10.3 Å². The van der Waals surface area contributed by atoms with Gasteiger partial charge in [0.2, 0.25) is 11.9 Å². The molecule has 1 aromatic rings. The average Bonchev–Trinajstić information content (AvgIpc) is 2.35. The summed E-state index contributed by atoms with van der Waals surface area (Å²) < 4.78 is 0.890. The lowest BCUT2D eigenvalue weighted by atomic mass is 9.87. The molecule has 20 heavy (non-hydrogen) atoms. The van der Waals surface area contributed by atoms with Gasteiger partial charge < -0.3 is 10.4 Å². The van der Waals surface area contributed by atoms with Gasteiger partial charge in [0, 0.05) is 11.5 Å². The number of hydrogen-bond donors (Lipinski definition) is 2. The minimum atomic E-state index is -1.34. The minimum Gasteiger partial charge on any atom is -0.463 e. The van der Waals surface area contributed by atoms with Crippen molar-refractivity contribution in [2.24, 2.45) is 4.99 Å². The molecule has 1 atom stereocenters. The van der Waals surface area contributed by atoms with E-state index in [1.807, 2.05) is 31.2 Å². The molecule has 7 heteroatoms. The number of carbonyl (C=O) groups excluding carboxylic acids is 1. The smallest absolute Gasteiger partial charge is 0.434 e. The van der Waals surface area contributed by atoms with Gasteiger partial charge in [-0.2, -0.15) is 0 Å². The summed E-state index contributed by atoms with van der Waals surface area (Å²) in [4.78, 5) is 27.5. The Morgan fingerprint density at radius 1 is 1.55 bits per heavy atom. The van der Waals surface area contributed by atoms with E-state index in [0.717, 1.165) is 10.0 Å². The maximum Gasteiger partial charge on any atom is 0.434 e. The van der Waals surface area contributed by atoms with Crippen molar-refractivity contribution < 1.29 is 14.7 Å². The van der Waals surface area contributed by atoms with Crippen LogP contribution in [0.3, 0.4) is 0 Å². The van der Waals surface area contributed by atoms with E-state index < -0.39 is 11.6 Å². The van der Waals surface area contributed by atoms with Gasteiger partial charge in [0.25, 0.3) is 0 Å². The number of aliphatic imine (C=N–C) groups is 1. The Bertz CT molecular complexity index is 602. The predicted molar refractivity (Wildman–Crippen MR) is 77.5 cm³/mol. The van der Waals surface area contributed by atoms with Gasteiger partial charge in [-0.3, -0.25) is 9.69 Å². The number of halogens is 1. The molecule has 0 aliphatic carbocycles. The summed E-state index contributed by atoms with van der Waals surface area (Å²) in [5.74, 6) is -0.151. The van der Waals surface area contributed by atoms with Gasteiger partial charge in [-0.25, -0.2) is 4.79 Å². The number of benzene rings is 1. The minimum absolute atomic E-state index is 0.0382. The maximum atomic E-state index is 12.1. The Labute approximate surface area is 124 Å². The van der Waals surface area contributed by atoms with Crippen LogP contribution >= 0.6 is 15.9 Å². The molecule has 0 aromatic heterocycles. The fourth-order valence-corrected chi connectivity index (χ4v) is 2.51. The lowest BCUT2D eigenvalue weighted by Gasteiger charge is -2.40. The molecule has 0 spiro atoms. The third kappa shape index (κ3) is 2.82. The molecule has 0 saturated carbocycles. The second-order valence-electron chi connectivity index (χ2n) is 4.81. The van der Waals surface area contributed by atoms with Crippen LogP contribution in [0.1, 0.15) is 18.9 Å². The van der Waals surface area contributed by atoms with Crippen molar-refractivity contribution in [3.63, 3.8) is 0 Å². The van der Waals surface area contributed by atoms with Gasteiger partial charge in [-0.15, -0.1) is 4.99 Å². The predicted octanol–water partition coefficient (Wildman–Crippen LogP) is 2.15. The topological polar surface area (TPSA) is 82.0 Å². The van der Waals surface area contributed by atoms with E-state index >= 15 is 0 Å². The molecule has 1 aliphatic heterocycles. The zero-order valence-electron chi connectivity index (χ0n) is 11.1. The van der Waals surface area contributed by atoms with Gasteiger partial charge in [0.1, 0.15) is 0 Å². The monoisotopic (exact) mass is 339 g/mol. The number of carbonyl (C=O) groups is 2. The van der Waals surface area contributed by atoms with E-state index in [2.05, 4.69) is 26.2 Å². The summed E-state index contributed by atoms with van der Waals surface area (Å²) in [6.07, 6.45) is -1.12. The molecule has 1 saturated heterocycles. The van der Waals surface area contributed by atoms with Crippen LogP contribution < -0.4 is 5.32 Å². The summed E-state index contributed by atoms with van der Waals surface area (Å²) in [5, 5.41) is 11.8. The first kappa shape index (κ1) is 14.5. The van der Waals surface area contributed by atoms with Crippen molar-refractivity contribution in [3.05, 3.63) is 34.3 Å². The van der Waals surface area contributed by atoms with Crippen LogP contribution in [0.25, 0.3) is 0 Å². The Morgan fingerprint density at radius 2 is 2.25 bits per heavy atom. The normalized spacial score (nSPS) is 24.6. The van der Waals surface area contributed by atoms with Gasteiger partial charge >= 0.3 is 6.09 Å². The Kier molecular flexibility index (Phi) is 3.80. The summed E-state index contributed by atoms with van der Waals surface area (Å²) >= 11 is 3.39. The first-order valence-corrected chi connectivity index (χ1v) is 6.73. The molecule has 1 aromatic carbocycles. The van der Waals surface area contributed by atoms with Gasteiger partial charge in [0.15, 0.2) is 0 Å². The van der Waals surface area contributed by atoms with Crippen LogP contribution in [0.15, 0.2) is 33.7 Å². The van der Waals surface area contributed by atoms with Crippen molar-refractivity contribution in [2.45, 2.75) is 18.9 Å². The lowest BCUT2D eigenvalue weighted by molar-refractivity contribution is -0.129. The highest BCUT2D eigenvalue weighted by molar-refractivity contribution is 9.10.